The number of nitrogens with one attached hydrogen (secondary N) is 2. The van der Waals surface area contributed by atoms with Crippen molar-refractivity contribution in [2.45, 2.75) is 83.3 Å². The highest BCUT2D eigenvalue weighted by atomic mass is 16.6. The smallest absolute Gasteiger partial charge is 0.410 e. The Balaban J connectivity index is 1.22. The largest absolute Gasteiger partial charge is 0.481 e. The summed E-state index contributed by atoms with van der Waals surface area (Å²) in [4.78, 5) is 37.6. The van der Waals surface area contributed by atoms with E-state index in [1.165, 1.54) is 32.1 Å². The van der Waals surface area contributed by atoms with Crippen molar-refractivity contribution in [3.8, 4) is 0 Å². The van der Waals surface area contributed by atoms with Gasteiger partial charge < -0.3 is 25.4 Å². The summed E-state index contributed by atoms with van der Waals surface area (Å²) >= 11 is 0. The predicted molar refractivity (Wildman–Crippen MR) is 129 cm³/mol. The molecule has 0 aromatic heterocycles. The van der Waals surface area contributed by atoms with Crippen molar-refractivity contribution in [3.63, 3.8) is 0 Å². The first-order valence-corrected chi connectivity index (χ1v) is 12.8. The lowest BCUT2D eigenvalue weighted by Crippen LogP contribution is -2.39. The number of ether oxygens (including phenoxy) is 1. The van der Waals surface area contributed by atoms with E-state index >= 15 is 0 Å². The Morgan fingerprint density at radius 3 is 2.47 bits per heavy atom. The third kappa shape index (κ3) is 6.87. The van der Waals surface area contributed by atoms with Crippen molar-refractivity contribution >= 4 is 23.8 Å². The van der Waals surface area contributed by atoms with E-state index in [0.29, 0.717) is 19.0 Å². The van der Waals surface area contributed by atoms with Gasteiger partial charge in [0.1, 0.15) is 6.10 Å². The molecule has 1 aliphatic heterocycles. The van der Waals surface area contributed by atoms with Crippen LogP contribution in [0.25, 0.3) is 0 Å². The molecule has 3 amide bonds. The number of hydrogen-bond acceptors (Lipinski definition) is 4. The number of hydrogen-bond donors (Lipinski definition) is 3. The van der Waals surface area contributed by atoms with Crippen molar-refractivity contribution in [1.29, 1.82) is 0 Å². The minimum atomic E-state index is -0.758. The molecule has 3 aliphatic rings. The molecule has 2 fully saturated rings. The van der Waals surface area contributed by atoms with Crippen molar-refractivity contribution in [2.24, 2.45) is 11.8 Å². The molecular formula is C26H37N3O5. The van der Waals surface area contributed by atoms with Crippen LogP contribution in [0.4, 0.5) is 15.3 Å². The Morgan fingerprint density at radius 2 is 1.74 bits per heavy atom. The van der Waals surface area contributed by atoms with Gasteiger partial charge in [-0.15, -0.1) is 0 Å². The van der Waals surface area contributed by atoms with Crippen LogP contribution in [0.15, 0.2) is 18.2 Å². The molecule has 4 rings (SSSR count). The lowest BCUT2D eigenvalue weighted by molar-refractivity contribution is -0.138. The number of nitrogens with zero attached hydrogens (tertiary/aromatic N) is 1. The van der Waals surface area contributed by atoms with Crippen molar-refractivity contribution < 1.29 is 24.2 Å². The molecule has 1 aromatic rings. The summed E-state index contributed by atoms with van der Waals surface area (Å²) in [5, 5.41) is 14.9. The Morgan fingerprint density at radius 1 is 0.971 bits per heavy atom. The van der Waals surface area contributed by atoms with Gasteiger partial charge in [0, 0.05) is 31.7 Å². The fourth-order valence-electron chi connectivity index (χ4n) is 5.51. The molecule has 0 bridgehead atoms. The van der Waals surface area contributed by atoms with Gasteiger partial charge in [-0.25, -0.2) is 9.59 Å². The van der Waals surface area contributed by atoms with Crippen LogP contribution in [0, 0.1) is 11.8 Å². The number of carboxylic acids is 1. The maximum absolute atomic E-state index is 12.7. The monoisotopic (exact) mass is 471 g/mol. The summed E-state index contributed by atoms with van der Waals surface area (Å²) in [6, 6.07) is 5.70. The fourth-order valence-corrected chi connectivity index (χ4v) is 5.51. The van der Waals surface area contributed by atoms with E-state index in [9.17, 15) is 14.4 Å². The minimum absolute atomic E-state index is 0.127. The highest BCUT2D eigenvalue weighted by Gasteiger charge is 2.28. The first kappa shape index (κ1) is 24.4. The summed E-state index contributed by atoms with van der Waals surface area (Å²) < 4.78 is 5.73. The molecule has 2 saturated carbocycles. The zero-order chi connectivity index (χ0) is 23.9. The van der Waals surface area contributed by atoms with Gasteiger partial charge in [-0.3, -0.25) is 4.79 Å². The normalized spacial score (nSPS) is 23.0. The Hall–Kier alpha value is -2.77. The molecule has 0 atom stereocenters. The number of carbonyl (C=O) groups excluding carboxylic acids is 2. The molecule has 186 valence electrons. The van der Waals surface area contributed by atoms with Crippen LogP contribution in [-0.2, 0) is 22.5 Å². The number of rotatable bonds is 6. The second-order valence-corrected chi connectivity index (χ2v) is 10.1. The quantitative estimate of drug-likeness (QED) is 0.546. The van der Waals surface area contributed by atoms with Gasteiger partial charge in [0.2, 0.25) is 0 Å². The SMILES string of the molecule is O=C(O)C[C@H]1CC[C@H](OC(=O)N2CCc3cc(NC(=O)NCC4CCCCC4)ccc3C2)CC1. The second-order valence-electron chi connectivity index (χ2n) is 10.1. The molecule has 0 spiro atoms. The lowest BCUT2D eigenvalue weighted by atomic mass is 9.85. The van der Waals surface area contributed by atoms with Crippen molar-refractivity contribution in [2.75, 3.05) is 18.4 Å². The molecule has 1 aromatic carbocycles. The maximum atomic E-state index is 12.7. The van der Waals surface area contributed by atoms with Gasteiger partial charge in [0.15, 0.2) is 0 Å². The van der Waals surface area contributed by atoms with Gasteiger partial charge >= 0.3 is 18.1 Å². The van der Waals surface area contributed by atoms with Crippen LogP contribution < -0.4 is 10.6 Å². The molecule has 1 heterocycles. The lowest BCUT2D eigenvalue weighted by Gasteiger charge is -2.32. The van der Waals surface area contributed by atoms with E-state index in [0.717, 1.165) is 55.5 Å². The van der Waals surface area contributed by atoms with Crippen LogP contribution >= 0.6 is 0 Å². The molecule has 0 saturated heterocycles. The number of fused-ring (bicyclic) bond motifs is 1. The van der Waals surface area contributed by atoms with Crippen LogP contribution in [-0.4, -0.2) is 47.3 Å². The summed E-state index contributed by atoms with van der Waals surface area (Å²) in [7, 11) is 0. The number of carboxylic acid groups (broad SMARTS) is 1. The summed E-state index contributed by atoms with van der Waals surface area (Å²) in [6.07, 6.45) is 9.75. The fraction of sp³-hybridized carbons (Fsp3) is 0.654. The van der Waals surface area contributed by atoms with E-state index in [2.05, 4.69) is 10.6 Å². The highest BCUT2D eigenvalue weighted by Crippen LogP contribution is 2.30. The number of urea groups is 1. The first-order chi connectivity index (χ1) is 16.5. The number of carbonyl (C=O) groups is 3. The Kier molecular flexibility index (Phi) is 8.29. The van der Waals surface area contributed by atoms with E-state index in [4.69, 9.17) is 9.84 Å². The van der Waals surface area contributed by atoms with Crippen LogP contribution in [0.2, 0.25) is 0 Å². The summed E-state index contributed by atoms with van der Waals surface area (Å²) in [5.41, 5.74) is 2.99. The molecule has 8 heteroatoms. The van der Waals surface area contributed by atoms with Crippen LogP contribution in [0.1, 0.15) is 75.3 Å². The average Bonchev–Trinajstić information content (AvgIpc) is 2.84. The minimum Gasteiger partial charge on any atom is -0.481 e. The van der Waals surface area contributed by atoms with Crippen molar-refractivity contribution in [3.05, 3.63) is 29.3 Å². The van der Waals surface area contributed by atoms with Gasteiger partial charge in [-0.1, -0.05) is 25.3 Å². The standard InChI is InChI=1S/C26H37N3O5/c30-24(31)14-18-6-10-23(11-7-18)34-26(33)29-13-12-20-15-22(9-8-21(20)17-29)28-25(32)27-16-19-4-2-1-3-5-19/h8-9,15,18-19,23H,1-7,10-14,16-17H2,(H,30,31)(H2,27,28,32)/t18-,23-. The zero-order valence-electron chi connectivity index (χ0n) is 19.9. The molecule has 0 unspecified atom stereocenters. The first-order valence-electron chi connectivity index (χ1n) is 12.8. The van der Waals surface area contributed by atoms with Crippen LogP contribution in [0.3, 0.4) is 0 Å². The third-order valence-electron chi connectivity index (χ3n) is 7.54. The molecule has 3 N–H and O–H groups in total. The average molecular weight is 472 g/mol. The van der Waals surface area contributed by atoms with Gasteiger partial charge in [0.25, 0.3) is 0 Å². The molecular weight excluding hydrogens is 434 g/mol. The molecule has 8 nitrogen and oxygen atoms in total. The van der Waals surface area contributed by atoms with E-state index < -0.39 is 5.97 Å². The van der Waals surface area contributed by atoms with E-state index in [1.54, 1.807) is 4.90 Å². The topological polar surface area (TPSA) is 108 Å². The molecule has 0 radical (unpaired) electrons. The molecule has 34 heavy (non-hydrogen) atoms. The summed E-state index contributed by atoms with van der Waals surface area (Å²) in [6.45, 7) is 1.81. The number of amides is 3. The third-order valence-corrected chi connectivity index (χ3v) is 7.54. The van der Waals surface area contributed by atoms with E-state index in [-0.39, 0.29) is 30.6 Å². The zero-order valence-corrected chi connectivity index (χ0v) is 19.9. The van der Waals surface area contributed by atoms with E-state index in [1.807, 2.05) is 18.2 Å². The highest BCUT2D eigenvalue weighted by molar-refractivity contribution is 5.89. The van der Waals surface area contributed by atoms with Gasteiger partial charge in [-0.05, 0) is 80.0 Å². The van der Waals surface area contributed by atoms with Crippen LogP contribution in [0.5, 0.6) is 0 Å². The van der Waals surface area contributed by atoms with Gasteiger partial charge in [0.05, 0.1) is 0 Å². The predicted octanol–water partition coefficient (Wildman–Crippen LogP) is 4.92. The van der Waals surface area contributed by atoms with Gasteiger partial charge in [-0.2, -0.15) is 0 Å². The number of benzene rings is 1. The molecule has 2 aliphatic carbocycles. The Labute approximate surface area is 201 Å². The maximum Gasteiger partial charge on any atom is 0.410 e. The summed E-state index contributed by atoms with van der Waals surface area (Å²) in [5.74, 6) is 0.0193. The Bertz CT molecular complexity index is 875. The number of aliphatic carboxylic acids is 1. The van der Waals surface area contributed by atoms with Crippen molar-refractivity contribution in [1.82, 2.24) is 10.2 Å². The second kappa shape index (κ2) is 11.6. The number of anilines is 1.